The van der Waals surface area contributed by atoms with Crippen molar-refractivity contribution in [2.45, 2.75) is 18.9 Å². The van der Waals surface area contributed by atoms with Crippen molar-refractivity contribution in [1.29, 1.82) is 0 Å². The average molecular weight is 442 g/mol. The first-order valence-electron chi connectivity index (χ1n) is 10.8. The summed E-state index contributed by atoms with van der Waals surface area (Å²) in [5, 5.41) is 2.84. The molecule has 3 aromatic carbocycles. The summed E-state index contributed by atoms with van der Waals surface area (Å²) in [6.45, 7) is 0.933. The van der Waals surface area contributed by atoms with Crippen LogP contribution in [0.1, 0.15) is 43.9 Å². The number of hydrogen-bond acceptors (Lipinski definition) is 5. The quantitative estimate of drug-likeness (QED) is 0.568. The highest BCUT2D eigenvalue weighted by atomic mass is 16.5. The molecule has 7 nitrogen and oxygen atoms in total. The van der Waals surface area contributed by atoms with Crippen LogP contribution in [0, 0.1) is 0 Å². The summed E-state index contributed by atoms with van der Waals surface area (Å²) in [6.07, 6.45) is 1.69. The number of carbonyl (C=O) groups excluding carboxylic acids is 3. The summed E-state index contributed by atoms with van der Waals surface area (Å²) >= 11 is 0. The van der Waals surface area contributed by atoms with Gasteiger partial charge >= 0.3 is 0 Å². The van der Waals surface area contributed by atoms with E-state index in [0.29, 0.717) is 40.5 Å². The molecule has 1 N–H and O–H groups in total. The summed E-state index contributed by atoms with van der Waals surface area (Å²) in [4.78, 5) is 39.2. The normalized spacial score (nSPS) is 17.2. The molecule has 0 saturated carbocycles. The summed E-state index contributed by atoms with van der Waals surface area (Å²) in [7, 11) is 0. The second-order valence-electron chi connectivity index (χ2n) is 8.01. The summed E-state index contributed by atoms with van der Waals surface area (Å²) in [6, 6.07) is 20.8. The minimum Gasteiger partial charge on any atom is -0.457 e. The van der Waals surface area contributed by atoms with Gasteiger partial charge in [-0.05, 0) is 55.3 Å². The van der Waals surface area contributed by atoms with E-state index in [0.717, 1.165) is 12.8 Å². The number of amides is 3. The lowest BCUT2D eigenvalue weighted by Gasteiger charge is -2.17. The van der Waals surface area contributed by atoms with Crippen LogP contribution in [-0.4, -0.2) is 41.9 Å². The Labute approximate surface area is 190 Å². The second-order valence-corrected chi connectivity index (χ2v) is 8.01. The van der Waals surface area contributed by atoms with Gasteiger partial charge in [-0.2, -0.15) is 0 Å². The number of imide groups is 1. The SMILES string of the molecule is O=C(Nc1cccc(Oc2ccc3c(c2)C(=O)N(CC2CCCO2)C3=O)c1)c1ccccc1. The van der Waals surface area contributed by atoms with Gasteiger partial charge in [-0.25, -0.2) is 0 Å². The van der Waals surface area contributed by atoms with Crippen molar-refractivity contribution in [3.63, 3.8) is 0 Å². The Bertz CT molecular complexity index is 1220. The summed E-state index contributed by atoms with van der Waals surface area (Å²) in [5.74, 6) is 0.0671. The Morgan fingerprint density at radius 1 is 0.939 bits per heavy atom. The molecule has 0 aromatic heterocycles. The van der Waals surface area contributed by atoms with Crippen molar-refractivity contribution in [2.75, 3.05) is 18.5 Å². The number of anilines is 1. The monoisotopic (exact) mass is 442 g/mol. The Kier molecular flexibility index (Phi) is 5.62. The molecule has 0 bridgehead atoms. The Morgan fingerprint density at radius 2 is 1.73 bits per heavy atom. The minimum atomic E-state index is -0.333. The first-order chi connectivity index (χ1) is 16.1. The van der Waals surface area contributed by atoms with Crippen LogP contribution in [0.5, 0.6) is 11.5 Å². The fraction of sp³-hybridized carbons (Fsp3) is 0.192. The molecule has 1 unspecified atom stereocenters. The lowest BCUT2D eigenvalue weighted by atomic mass is 10.1. The van der Waals surface area contributed by atoms with E-state index in [1.165, 1.54) is 4.90 Å². The van der Waals surface area contributed by atoms with Crippen LogP contribution in [0.2, 0.25) is 0 Å². The first-order valence-corrected chi connectivity index (χ1v) is 10.8. The lowest BCUT2D eigenvalue weighted by Crippen LogP contribution is -2.36. The summed E-state index contributed by atoms with van der Waals surface area (Å²) < 4.78 is 11.5. The van der Waals surface area contributed by atoms with E-state index < -0.39 is 0 Å². The van der Waals surface area contributed by atoms with E-state index in [9.17, 15) is 14.4 Å². The standard InChI is InChI=1S/C26H22N2O5/c29-24(17-6-2-1-3-7-17)27-18-8-4-9-19(14-18)33-20-11-12-22-23(15-20)26(31)28(25(22)30)16-21-10-5-13-32-21/h1-4,6-9,11-12,14-15,21H,5,10,13,16H2,(H,27,29). The van der Waals surface area contributed by atoms with Gasteiger partial charge in [-0.3, -0.25) is 19.3 Å². The zero-order chi connectivity index (χ0) is 22.8. The highest BCUT2D eigenvalue weighted by Crippen LogP contribution is 2.31. The topological polar surface area (TPSA) is 84.9 Å². The number of carbonyl (C=O) groups is 3. The molecule has 2 aliphatic heterocycles. The molecule has 1 saturated heterocycles. The molecule has 1 fully saturated rings. The van der Waals surface area contributed by atoms with Gasteiger partial charge in [0.1, 0.15) is 11.5 Å². The Hall–Kier alpha value is -3.97. The maximum absolute atomic E-state index is 12.9. The van der Waals surface area contributed by atoms with Crippen LogP contribution in [0.4, 0.5) is 5.69 Å². The predicted molar refractivity (Wildman–Crippen MR) is 122 cm³/mol. The van der Waals surface area contributed by atoms with Gasteiger partial charge in [0, 0.05) is 23.9 Å². The molecule has 0 spiro atoms. The van der Waals surface area contributed by atoms with Crippen molar-refractivity contribution in [3.8, 4) is 11.5 Å². The number of rotatable bonds is 6. The zero-order valence-corrected chi connectivity index (χ0v) is 17.8. The second kappa shape index (κ2) is 8.88. The van der Waals surface area contributed by atoms with Crippen LogP contribution in [0.15, 0.2) is 72.8 Å². The van der Waals surface area contributed by atoms with E-state index in [-0.39, 0.29) is 30.4 Å². The Morgan fingerprint density at radius 3 is 2.52 bits per heavy atom. The van der Waals surface area contributed by atoms with Gasteiger partial charge in [-0.15, -0.1) is 0 Å². The molecule has 1 atom stereocenters. The van der Waals surface area contributed by atoms with E-state index in [1.54, 1.807) is 66.7 Å². The van der Waals surface area contributed by atoms with Gasteiger partial charge in [0.15, 0.2) is 0 Å². The molecule has 0 radical (unpaired) electrons. The van der Waals surface area contributed by atoms with Gasteiger partial charge in [0.25, 0.3) is 17.7 Å². The van der Waals surface area contributed by atoms with E-state index in [4.69, 9.17) is 9.47 Å². The van der Waals surface area contributed by atoms with Gasteiger partial charge in [0.2, 0.25) is 0 Å². The van der Waals surface area contributed by atoms with Crippen molar-refractivity contribution in [1.82, 2.24) is 4.90 Å². The van der Waals surface area contributed by atoms with Gasteiger partial charge in [0.05, 0.1) is 23.8 Å². The van der Waals surface area contributed by atoms with Crippen LogP contribution in [-0.2, 0) is 4.74 Å². The van der Waals surface area contributed by atoms with Crippen LogP contribution in [0.25, 0.3) is 0 Å². The number of benzene rings is 3. The lowest BCUT2D eigenvalue weighted by molar-refractivity contribution is 0.0475. The van der Waals surface area contributed by atoms with Crippen molar-refractivity contribution in [3.05, 3.63) is 89.5 Å². The Balaban J connectivity index is 1.30. The third-order valence-corrected chi connectivity index (χ3v) is 5.72. The first kappa shape index (κ1) is 20.9. The fourth-order valence-corrected chi connectivity index (χ4v) is 4.06. The molecule has 5 rings (SSSR count). The molecule has 2 aliphatic rings. The van der Waals surface area contributed by atoms with Gasteiger partial charge < -0.3 is 14.8 Å². The largest absolute Gasteiger partial charge is 0.457 e. The maximum atomic E-state index is 12.9. The highest BCUT2D eigenvalue weighted by molar-refractivity contribution is 6.21. The number of hydrogen-bond donors (Lipinski definition) is 1. The van der Waals surface area contributed by atoms with Crippen LogP contribution >= 0.6 is 0 Å². The van der Waals surface area contributed by atoms with Gasteiger partial charge in [-0.1, -0.05) is 24.3 Å². The van der Waals surface area contributed by atoms with E-state index in [2.05, 4.69) is 5.32 Å². The third kappa shape index (κ3) is 4.36. The zero-order valence-electron chi connectivity index (χ0n) is 17.8. The molecule has 166 valence electrons. The average Bonchev–Trinajstić information content (AvgIpc) is 3.43. The molecule has 33 heavy (non-hydrogen) atoms. The van der Waals surface area contributed by atoms with E-state index in [1.807, 2.05) is 6.07 Å². The molecule has 2 heterocycles. The van der Waals surface area contributed by atoms with Crippen molar-refractivity contribution in [2.24, 2.45) is 0 Å². The van der Waals surface area contributed by atoms with Crippen LogP contribution in [0.3, 0.4) is 0 Å². The maximum Gasteiger partial charge on any atom is 0.261 e. The fourth-order valence-electron chi connectivity index (χ4n) is 4.06. The molecule has 3 amide bonds. The molecular weight excluding hydrogens is 420 g/mol. The van der Waals surface area contributed by atoms with Crippen molar-refractivity contribution >= 4 is 23.4 Å². The minimum absolute atomic E-state index is 0.100. The number of ether oxygens (including phenoxy) is 2. The number of fused-ring (bicyclic) bond motifs is 1. The molecular formula is C26H22N2O5. The number of nitrogens with one attached hydrogen (secondary N) is 1. The highest BCUT2D eigenvalue weighted by Gasteiger charge is 2.37. The smallest absolute Gasteiger partial charge is 0.261 e. The third-order valence-electron chi connectivity index (χ3n) is 5.72. The molecule has 7 heteroatoms. The number of nitrogens with zero attached hydrogens (tertiary/aromatic N) is 1. The summed E-state index contributed by atoms with van der Waals surface area (Å²) in [5.41, 5.74) is 1.83. The van der Waals surface area contributed by atoms with Crippen LogP contribution < -0.4 is 10.1 Å². The van der Waals surface area contributed by atoms with E-state index >= 15 is 0 Å². The predicted octanol–water partition coefficient (Wildman–Crippen LogP) is 4.51. The molecule has 0 aliphatic carbocycles. The molecule has 3 aromatic rings. The van der Waals surface area contributed by atoms with Crippen molar-refractivity contribution < 1.29 is 23.9 Å².